The van der Waals surface area contributed by atoms with Crippen LogP contribution in [-0.2, 0) is 0 Å². The van der Waals surface area contributed by atoms with Crippen molar-refractivity contribution < 1.29 is 9.90 Å². The van der Waals surface area contributed by atoms with Crippen molar-refractivity contribution in [1.29, 1.82) is 0 Å². The van der Waals surface area contributed by atoms with Gasteiger partial charge in [0.05, 0.1) is 17.9 Å². The van der Waals surface area contributed by atoms with Crippen LogP contribution in [0.15, 0.2) is 24.7 Å². The zero-order chi connectivity index (χ0) is 8.55. The predicted molar refractivity (Wildman–Crippen MR) is 41.0 cm³/mol. The first-order valence-electron chi connectivity index (χ1n) is 3.30. The van der Waals surface area contributed by atoms with Crippen LogP contribution in [0.25, 0.3) is 10.9 Å². The van der Waals surface area contributed by atoms with Gasteiger partial charge in [-0.05, 0) is 6.07 Å². The van der Waals surface area contributed by atoms with Gasteiger partial charge in [0.15, 0.2) is 0 Å². The third-order valence-corrected chi connectivity index (χ3v) is 1.61. The number of nitrogens with zero attached hydrogens (tertiary/aromatic N) is 3. The minimum Gasteiger partial charge on any atom is -0.464 e. The average molecular weight is 163 g/mol. The fraction of sp³-hybridized carbons (Fsp3) is 0. The quantitative estimate of drug-likeness (QED) is 0.628. The molecule has 0 saturated carbocycles. The Bertz CT molecular complexity index is 435. The van der Waals surface area contributed by atoms with Crippen molar-refractivity contribution in [1.82, 2.24) is 14.8 Å². The van der Waals surface area contributed by atoms with Crippen LogP contribution in [0.5, 0.6) is 0 Å². The van der Waals surface area contributed by atoms with Crippen molar-refractivity contribution in [2.45, 2.75) is 0 Å². The maximum atomic E-state index is 10.6. The van der Waals surface area contributed by atoms with E-state index in [2.05, 4.69) is 10.2 Å². The van der Waals surface area contributed by atoms with Gasteiger partial charge in [0.25, 0.3) is 0 Å². The number of carboxylic acid groups (broad SMARTS) is 1. The minimum atomic E-state index is -1.02. The summed E-state index contributed by atoms with van der Waals surface area (Å²) in [6, 6.07) is 1.68. The van der Waals surface area contributed by atoms with E-state index in [1.165, 1.54) is 18.6 Å². The molecule has 0 aliphatic rings. The smallest absolute Gasteiger partial charge is 0.416 e. The maximum absolute atomic E-state index is 10.6. The Morgan fingerprint density at radius 1 is 1.42 bits per heavy atom. The molecular weight excluding hydrogens is 158 g/mol. The van der Waals surface area contributed by atoms with Gasteiger partial charge in [-0.2, -0.15) is 10.2 Å². The van der Waals surface area contributed by atoms with Crippen LogP contribution in [0.3, 0.4) is 0 Å². The fourth-order valence-corrected chi connectivity index (χ4v) is 1.06. The van der Waals surface area contributed by atoms with Crippen molar-refractivity contribution >= 4 is 17.0 Å². The molecule has 1 N–H and O–H groups in total. The molecule has 0 bridgehead atoms. The molecule has 2 heterocycles. The first kappa shape index (κ1) is 6.78. The Labute approximate surface area is 67.3 Å². The molecule has 0 saturated heterocycles. The lowest BCUT2D eigenvalue weighted by Gasteiger charge is -1.94. The molecular formula is C7H5N3O2. The molecule has 0 amide bonds. The van der Waals surface area contributed by atoms with Crippen molar-refractivity contribution in [2.24, 2.45) is 0 Å². The predicted octanol–water partition coefficient (Wildman–Crippen LogP) is 0.957. The molecule has 2 rings (SSSR count). The highest BCUT2D eigenvalue weighted by Gasteiger charge is 2.05. The third kappa shape index (κ3) is 0.833. The van der Waals surface area contributed by atoms with E-state index in [9.17, 15) is 4.79 Å². The van der Waals surface area contributed by atoms with Gasteiger partial charge in [0, 0.05) is 11.6 Å². The molecule has 0 fully saturated rings. The molecule has 0 aliphatic heterocycles. The summed E-state index contributed by atoms with van der Waals surface area (Å²) in [6.07, 6.45) is 3.40. The van der Waals surface area contributed by atoms with Crippen molar-refractivity contribution in [2.75, 3.05) is 0 Å². The number of fused-ring (bicyclic) bond motifs is 1. The zero-order valence-corrected chi connectivity index (χ0v) is 6.01. The van der Waals surface area contributed by atoms with Gasteiger partial charge in [-0.1, -0.05) is 0 Å². The molecule has 0 unspecified atom stereocenters. The SMILES string of the molecule is O=C(O)n1ccc2cnncc21. The van der Waals surface area contributed by atoms with Crippen LogP contribution < -0.4 is 0 Å². The van der Waals surface area contributed by atoms with Crippen LogP contribution >= 0.6 is 0 Å². The van der Waals surface area contributed by atoms with Crippen LogP contribution in [0.4, 0.5) is 4.79 Å². The molecule has 0 aromatic carbocycles. The third-order valence-electron chi connectivity index (χ3n) is 1.61. The second-order valence-electron chi connectivity index (χ2n) is 2.30. The minimum absolute atomic E-state index is 0.553. The summed E-state index contributed by atoms with van der Waals surface area (Å²) in [5.41, 5.74) is 0.553. The normalized spacial score (nSPS) is 10.3. The fourth-order valence-electron chi connectivity index (χ4n) is 1.06. The van der Waals surface area contributed by atoms with Gasteiger partial charge in [-0.25, -0.2) is 4.79 Å². The van der Waals surface area contributed by atoms with E-state index in [-0.39, 0.29) is 0 Å². The largest absolute Gasteiger partial charge is 0.464 e. The molecule has 5 nitrogen and oxygen atoms in total. The molecule has 0 atom stereocenters. The Kier molecular flexibility index (Phi) is 1.30. The van der Waals surface area contributed by atoms with E-state index in [4.69, 9.17) is 5.11 Å². The summed E-state index contributed by atoms with van der Waals surface area (Å²) in [5.74, 6) is 0. The van der Waals surface area contributed by atoms with Gasteiger partial charge in [-0.3, -0.25) is 4.57 Å². The summed E-state index contributed by atoms with van der Waals surface area (Å²) in [4.78, 5) is 10.6. The highest BCUT2D eigenvalue weighted by molar-refractivity contribution is 5.87. The molecule has 0 radical (unpaired) electrons. The summed E-state index contributed by atoms with van der Waals surface area (Å²) < 4.78 is 1.10. The van der Waals surface area contributed by atoms with E-state index >= 15 is 0 Å². The Morgan fingerprint density at radius 2 is 2.17 bits per heavy atom. The Balaban J connectivity index is 2.79. The summed E-state index contributed by atoms with van der Waals surface area (Å²) in [5, 5.41) is 16.7. The molecule has 12 heavy (non-hydrogen) atoms. The molecule has 0 spiro atoms. The van der Waals surface area contributed by atoms with Crippen LogP contribution in [0, 0.1) is 0 Å². The first-order chi connectivity index (χ1) is 5.79. The van der Waals surface area contributed by atoms with Gasteiger partial charge in [0.1, 0.15) is 0 Å². The second kappa shape index (κ2) is 2.30. The van der Waals surface area contributed by atoms with E-state index in [0.29, 0.717) is 5.52 Å². The number of hydrogen-bond acceptors (Lipinski definition) is 3. The van der Waals surface area contributed by atoms with Crippen LogP contribution in [-0.4, -0.2) is 26.0 Å². The molecule has 2 aromatic heterocycles. The van der Waals surface area contributed by atoms with Crippen LogP contribution in [0.2, 0.25) is 0 Å². The molecule has 2 aromatic rings. The van der Waals surface area contributed by atoms with Crippen molar-refractivity contribution in [3.63, 3.8) is 0 Å². The average Bonchev–Trinajstić information content (AvgIpc) is 2.47. The van der Waals surface area contributed by atoms with Gasteiger partial charge < -0.3 is 5.11 Å². The first-order valence-corrected chi connectivity index (χ1v) is 3.30. The monoisotopic (exact) mass is 163 g/mol. The highest BCUT2D eigenvalue weighted by Crippen LogP contribution is 2.11. The molecule has 5 heteroatoms. The van der Waals surface area contributed by atoms with E-state index < -0.39 is 6.09 Å². The number of aromatic nitrogens is 3. The number of rotatable bonds is 0. The van der Waals surface area contributed by atoms with Crippen molar-refractivity contribution in [3.8, 4) is 0 Å². The molecule has 0 aliphatic carbocycles. The lowest BCUT2D eigenvalue weighted by Crippen LogP contribution is -2.05. The van der Waals surface area contributed by atoms with E-state index in [1.807, 2.05) is 0 Å². The molecule has 60 valence electrons. The van der Waals surface area contributed by atoms with Gasteiger partial charge >= 0.3 is 6.09 Å². The number of carbonyl (C=O) groups is 1. The van der Waals surface area contributed by atoms with Crippen LogP contribution in [0.1, 0.15) is 0 Å². The summed E-state index contributed by atoms with van der Waals surface area (Å²) in [7, 11) is 0. The highest BCUT2D eigenvalue weighted by atomic mass is 16.4. The second-order valence-corrected chi connectivity index (χ2v) is 2.30. The maximum Gasteiger partial charge on any atom is 0.416 e. The summed E-state index contributed by atoms with van der Waals surface area (Å²) >= 11 is 0. The van der Waals surface area contributed by atoms with E-state index in [1.54, 1.807) is 6.07 Å². The lowest BCUT2D eigenvalue weighted by molar-refractivity contribution is 0.197. The lowest BCUT2D eigenvalue weighted by atomic mass is 10.4. The van der Waals surface area contributed by atoms with Crippen molar-refractivity contribution in [3.05, 3.63) is 24.7 Å². The van der Waals surface area contributed by atoms with E-state index in [0.717, 1.165) is 9.95 Å². The standard InChI is InChI=1S/C7H5N3O2/c11-7(12)10-2-1-5-3-8-9-4-6(5)10/h1-4H,(H,11,12). The topological polar surface area (TPSA) is 68.0 Å². The van der Waals surface area contributed by atoms with Gasteiger partial charge in [0.2, 0.25) is 0 Å². The zero-order valence-electron chi connectivity index (χ0n) is 6.01. The number of hydrogen-bond donors (Lipinski definition) is 1. The Hall–Kier alpha value is -1.91. The van der Waals surface area contributed by atoms with Gasteiger partial charge in [-0.15, -0.1) is 0 Å². The summed E-state index contributed by atoms with van der Waals surface area (Å²) in [6.45, 7) is 0. The Morgan fingerprint density at radius 3 is 2.92 bits per heavy atom.